The van der Waals surface area contributed by atoms with E-state index in [1.807, 2.05) is 36.4 Å². The zero-order chi connectivity index (χ0) is 14.4. The lowest BCUT2D eigenvalue weighted by Gasteiger charge is -2.12. The Morgan fingerprint density at radius 1 is 0.524 bits per heavy atom. The Labute approximate surface area is 133 Å². The predicted molar refractivity (Wildman–Crippen MR) is 90.6 cm³/mol. The predicted octanol–water partition coefficient (Wildman–Crippen LogP) is 6.38. The quantitative estimate of drug-likeness (QED) is 0.397. The molecule has 3 heteroatoms. The standard InChI is InChI=1S/C18H11Cl2N/c19-15-9-3-7-13-11-5-1-2-6-12(11)14-8-4-10-16(20)18(14)21-17(13)15/h1-10,21H. The summed E-state index contributed by atoms with van der Waals surface area (Å²) < 4.78 is 0. The van der Waals surface area contributed by atoms with Gasteiger partial charge in [-0.05, 0) is 23.3 Å². The topological polar surface area (TPSA) is 12.0 Å². The van der Waals surface area contributed by atoms with Crippen molar-refractivity contribution in [2.75, 3.05) is 5.32 Å². The second-order valence-corrected chi connectivity index (χ2v) is 5.81. The average Bonchev–Trinajstić information content (AvgIpc) is 2.65. The van der Waals surface area contributed by atoms with Crippen molar-refractivity contribution in [3.63, 3.8) is 0 Å². The third kappa shape index (κ3) is 1.93. The van der Waals surface area contributed by atoms with Gasteiger partial charge in [-0.1, -0.05) is 71.7 Å². The van der Waals surface area contributed by atoms with E-state index in [-0.39, 0.29) is 0 Å². The molecule has 0 aromatic heterocycles. The van der Waals surface area contributed by atoms with Gasteiger partial charge in [-0.25, -0.2) is 0 Å². The number of hydrogen-bond acceptors (Lipinski definition) is 1. The lowest BCUT2D eigenvalue weighted by molar-refractivity contribution is 1.57. The average molecular weight is 312 g/mol. The summed E-state index contributed by atoms with van der Waals surface area (Å²) in [5, 5.41) is 4.80. The Balaban J connectivity index is 2.16. The number of hydrogen-bond donors (Lipinski definition) is 1. The van der Waals surface area contributed by atoms with Crippen molar-refractivity contribution >= 4 is 34.6 Å². The van der Waals surface area contributed by atoms with Crippen LogP contribution < -0.4 is 5.32 Å². The minimum absolute atomic E-state index is 0.690. The van der Waals surface area contributed by atoms with Crippen molar-refractivity contribution in [2.45, 2.75) is 0 Å². The molecule has 0 unspecified atom stereocenters. The summed E-state index contributed by atoms with van der Waals surface area (Å²) in [4.78, 5) is 0. The van der Waals surface area contributed by atoms with E-state index in [2.05, 4.69) is 29.6 Å². The SMILES string of the molecule is Clc1cccc2c1Nc1c(Cl)cccc1-c1ccccc1-2. The van der Waals surface area contributed by atoms with Gasteiger partial charge in [0.15, 0.2) is 0 Å². The van der Waals surface area contributed by atoms with Crippen LogP contribution in [0.1, 0.15) is 0 Å². The van der Waals surface area contributed by atoms with E-state index in [9.17, 15) is 0 Å². The zero-order valence-electron chi connectivity index (χ0n) is 11.0. The molecule has 0 spiro atoms. The van der Waals surface area contributed by atoms with Crippen molar-refractivity contribution in [3.8, 4) is 22.3 Å². The Morgan fingerprint density at radius 2 is 0.952 bits per heavy atom. The fourth-order valence-corrected chi connectivity index (χ4v) is 3.27. The van der Waals surface area contributed by atoms with Gasteiger partial charge in [0.2, 0.25) is 0 Å². The second-order valence-electron chi connectivity index (χ2n) is 5.00. The molecule has 1 nitrogen and oxygen atoms in total. The van der Waals surface area contributed by atoms with E-state index < -0.39 is 0 Å². The Morgan fingerprint density at radius 3 is 1.43 bits per heavy atom. The van der Waals surface area contributed by atoms with Crippen molar-refractivity contribution < 1.29 is 0 Å². The fourth-order valence-electron chi connectivity index (χ4n) is 2.83. The first-order valence-electron chi connectivity index (χ1n) is 6.69. The number of para-hydroxylation sites is 2. The first-order chi connectivity index (χ1) is 10.3. The largest absolute Gasteiger partial charge is 0.352 e. The Bertz CT molecular complexity index is 785. The van der Waals surface area contributed by atoms with E-state index in [1.54, 1.807) is 0 Å². The maximum atomic E-state index is 6.39. The molecule has 0 amide bonds. The van der Waals surface area contributed by atoms with E-state index in [1.165, 1.54) is 0 Å². The lowest BCUT2D eigenvalue weighted by atomic mass is 9.95. The van der Waals surface area contributed by atoms with Crippen molar-refractivity contribution in [1.29, 1.82) is 0 Å². The summed E-state index contributed by atoms with van der Waals surface area (Å²) in [6.45, 7) is 0. The molecule has 4 rings (SSSR count). The molecule has 0 atom stereocenters. The highest BCUT2D eigenvalue weighted by Crippen LogP contribution is 2.48. The minimum Gasteiger partial charge on any atom is -0.352 e. The minimum atomic E-state index is 0.690. The van der Waals surface area contributed by atoms with Crippen LogP contribution in [0.2, 0.25) is 10.0 Å². The molecule has 0 saturated heterocycles. The monoisotopic (exact) mass is 311 g/mol. The molecule has 1 aliphatic heterocycles. The number of anilines is 2. The summed E-state index contributed by atoms with van der Waals surface area (Å²) in [7, 11) is 0. The molecule has 3 aromatic rings. The third-order valence-electron chi connectivity index (χ3n) is 3.78. The molecule has 0 bridgehead atoms. The number of halogens is 2. The summed E-state index contributed by atoms with van der Waals surface area (Å²) >= 11 is 12.8. The molecular formula is C18H11Cl2N. The third-order valence-corrected chi connectivity index (χ3v) is 4.41. The number of benzene rings is 3. The molecule has 1 N–H and O–H groups in total. The fraction of sp³-hybridized carbons (Fsp3) is 0. The summed E-state index contributed by atoms with van der Waals surface area (Å²) in [6.07, 6.45) is 0. The molecule has 0 saturated carbocycles. The summed E-state index contributed by atoms with van der Waals surface area (Å²) in [5.41, 5.74) is 6.29. The zero-order valence-corrected chi connectivity index (χ0v) is 12.5. The van der Waals surface area contributed by atoms with Crippen LogP contribution in [-0.4, -0.2) is 0 Å². The van der Waals surface area contributed by atoms with Crippen molar-refractivity contribution in [1.82, 2.24) is 0 Å². The first kappa shape index (κ1) is 12.8. The normalized spacial score (nSPS) is 11.7. The van der Waals surface area contributed by atoms with Crippen LogP contribution in [-0.2, 0) is 0 Å². The maximum absolute atomic E-state index is 6.39. The van der Waals surface area contributed by atoms with E-state index in [0.29, 0.717) is 10.0 Å². The van der Waals surface area contributed by atoms with Crippen LogP contribution in [0.5, 0.6) is 0 Å². The van der Waals surface area contributed by atoms with E-state index in [0.717, 1.165) is 33.6 Å². The molecule has 102 valence electrons. The van der Waals surface area contributed by atoms with Crippen LogP contribution in [0, 0.1) is 0 Å². The summed E-state index contributed by atoms with van der Waals surface area (Å²) in [6, 6.07) is 20.2. The summed E-state index contributed by atoms with van der Waals surface area (Å²) in [5.74, 6) is 0. The smallest absolute Gasteiger partial charge is 0.0654 e. The second kappa shape index (κ2) is 4.80. The highest BCUT2D eigenvalue weighted by molar-refractivity contribution is 6.36. The highest BCUT2D eigenvalue weighted by atomic mass is 35.5. The molecular weight excluding hydrogens is 301 g/mol. The van der Waals surface area contributed by atoms with Crippen molar-refractivity contribution in [3.05, 3.63) is 70.7 Å². The molecule has 21 heavy (non-hydrogen) atoms. The van der Waals surface area contributed by atoms with E-state index >= 15 is 0 Å². The number of fused-ring (bicyclic) bond motifs is 5. The van der Waals surface area contributed by atoms with Gasteiger partial charge < -0.3 is 5.32 Å². The lowest BCUT2D eigenvalue weighted by Crippen LogP contribution is -1.93. The number of rotatable bonds is 0. The van der Waals surface area contributed by atoms with Gasteiger partial charge in [0, 0.05) is 11.1 Å². The number of nitrogens with one attached hydrogen (secondary N) is 1. The van der Waals surface area contributed by atoms with Gasteiger partial charge in [-0.15, -0.1) is 0 Å². The molecule has 1 heterocycles. The van der Waals surface area contributed by atoms with Gasteiger partial charge in [0.05, 0.1) is 21.4 Å². The maximum Gasteiger partial charge on any atom is 0.0654 e. The van der Waals surface area contributed by atoms with Crippen molar-refractivity contribution in [2.24, 2.45) is 0 Å². The van der Waals surface area contributed by atoms with Gasteiger partial charge in [0.25, 0.3) is 0 Å². The molecule has 3 aromatic carbocycles. The molecule has 0 fully saturated rings. The van der Waals surface area contributed by atoms with Crippen LogP contribution in [0.15, 0.2) is 60.7 Å². The van der Waals surface area contributed by atoms with Crippen LogP contribution in [0.4, 0.5) is 11.4 Å². The highest BCUT2D eigenvalue weighted by Gasteiger charge is 2.21. The first-order valence-corrected chi connectivity index (χ1v) is 7.45. The van der Waals surface area contributed by atoms with Gasteiger partial charge >= 0.3 is 0 Å². The van der Waals surface area contributed by atoms with Crippen LogP contribution in [0.25, 0.3) is 22.3 Å². The Hall–Kier alpha value is -1.96. The molecule has 1 aliphatic rings. The van der Waals surface area contributed by atoms with Gasteiger partial charge in [-0.2, -0.15) is 0 Å². The molecule has 0 aliphatic carbocycles. The van der Waals surface area contributed by atoms with Gasteiger partial charge in [-0.3, -0.25) is 0 Å². The van der Waals surface area contributed by atoms with Crippen LogP contribution in [0.3, 0.4) is 0 Å². The van der Waals surface area contributed by atoms with E-state index in [4.69, 9.17) is 23.2 Å². The molecule has 0 radical (unpaired) electrons. The Kier molecular flexibility index (Phi) is 2.91. The van der Waals surface area contributed by atoms with Gasteiger partial charge in [0.1, 0.15) is 0 Å². The van der Waals surface area contributed by atoms with Crippen LogP contribution >= 0.6 is 23.2 Å².